The van der Waals surface area contributed by atoms with Gasteiger partial charge in [-0.05, 0) is 23.7 Å². The average molecular weight is 438 g/mol. The molecule has 0 saturated carbocycles. The molecule has 0 bridgehead atoms. The van der Waals surface area contributed by atoms with Crippen LogP contribution in [0.15, 0.2) is 29.8 Å². The third-order valence-corrected chi connectivity index (χ3v) is 6.11. The number of amides is 1. The fourth-order valence-corrected chi connectivity index (χ4v) is 4.63. The van der Waals surface area contributed by atoms with E-state index in [1.165, 1.54) is 29.2 Å². The molecule has 0 unspecified atom stereocenters. The van der Waals surface area contributed by atoms with Gasteiger partial charge in [-0.3, -0.25) is 4.79 Å². The van der Waals surface area contributed by atoms with Gasteiger partial charge in [0.05, 0.1) is 43.3 Å². The number of nitrogens with one attached hydrogen (secondary N) is 1. The Morgan fingerprint density at radius 2 is 2.17 bits per heavy atom. The summed E-state index contributed by atoms with van der Waals surface area (Å²) >= 11 is 2.18. The Hall–Kier alpha value is -2.47. The molecule has 1 aliphatic rings. The quantitative estimate of drug-likeness (QED) is 0.637. The highest BCUT2D eigenvalue weighted by Gasteiger charge is 2.27. The van der Waals surface area contributed by atoms with E-state index in [0.717, 1.165) is 23.5 Å². The Bertz CT molecular complexity index is 1010. The van der Waals surface area contributed by atoms with Gasteiger partial charge in [-0.25, -0.2) is 13.8 Å². The van der Waals surface area contributed by atoms with E-state index in [4.69, 9.17) is 4.74 Å². The standard InChI is InChI=1S/C18H16F2N4O3S2/c19-11-2-1-3-12(20)15(11)17-23-14(9-28-17)16(26)22-13-6-21-29-18(13)24-4-5-27-8-10(24)7-25/h1-3,6,9-10,25H,4-5,7-8H2,(H,22,26)/t10-/m0/s1. The third-order valence-electron chi connectivity index (χ3n) is 4.41. The number of thiazole rings is 1. The van der Waals surface area contributed by atoms with Gasteiger partial charge in [0, 0.05) is 11.9 Å². The molecule has 0 spiro atoms. The topological polar surface area (TPSA) is 87.6 Å². The second-order valence-electron chi connectivity index (χ2n) is 6.24. The number of carbonyl (C=O) groups excluding carboxylic acids is 1. The molecule has 152 valence electrons. The van der Waals surface area contributed by atoms with Crippen LogP contribution in [-0.2, 0) is 4.74 Å². The van der Waals surface area contributed by atoms with Crippen molar-refractivity contribution in [3.63, 3.8) is 0 Å². The Morgan fingerprint density at radius 3 is 2.93 bits per heavy atom. The van der Waals surface area contributed by atoms with E-state index in [-0.39, 0.29) is 28.9 Å². The summed E-state index contributed by atoms with van der Waals surface area (Å²) in [5, 5.41) is 14.6. The third kappa shape index (κ3) is 3.99. The molecular formula is C18H16F2N4O3S2. The summed E-state index contributed by atoms with van der Waals surface area (Å²) in [7, 11) is 0. The number of anilines is 2. The van der Waals surface area contributed by atoms with Crippen LogP contribution in [0.3, 0.4) is 0 Å². The highest BCUT2D eigenvalue weighted by atomic mass is 32.1. The SMILES string of the molecule is O=C(Nc1cnsc1N1CCOC[C@@H]1CO)c1csc(-c2c(F)cccc2F)n1. The molecule has 11 heteroatoms. The van der Waals surface area contributed by atoms with Gasteiger partial charge in [0.1, 0.15) is 27.3 Å². The van der Waals surface area contributed by atoms with Crippen molar-refractivity contribution in [3.05, 3.63) is 47.1 Å². The maximum atomic E-state index is 14.0. The monoisotopic (exact) mass is 438 g/mol. The largest absolute Gasteiger partial charge is 0.394 e. The maximum Gasteiger partial charge on any atom is 0.275 e. The fraction of sp³-hybridized carbons (Fsp3) is 0.278. The van der Waals surface area contributed by atoms with Gasteiger partial charge < -0.3 is 20.1 Å². The Kier molecular flexibility index (Phi) is 5.81. The van der Waals surface area contributed by atoms with Crippen LogP contribution >= 0.6 is 22.9 Å². The van der Waals surface area contributed by atoms with E-state index in [2.05, 4.69) is 14.7 Å². The summed E-state index contributed by atoms with van der Waals surface area (Å²) in [6.45, 7) is 1.36. The van der Waals surface area contributed by atoms with Crippen molar-refractivity contribution in [1.82, 2.24) is 9.36 Å². The number of aromatic nitrogens is 2. The number of ether oxygens (including phenoxy) is 1. The molecule has 0 radical (unpaired) electrons. The lowest BCUT2D eigenvalue weighted by molar-refractivity contribution is 0.0731. The Balaban J connectivity index is 1.54. The number of morpholine rings is 1. The molecule has 3 heterocycles. The minimum absolute atomic E-state index is 0.0467. The second-order valence-corrected chi connectivity index (χ2v) is 7.88. The van der Waals surface area contributed by atoms with Crippen LogP contribution in [0.5, 0.6) is 0 Å². The number of aliphatic hydroxyl groups is 1. The summed E-state index contributed by atoms with van der Waals surface area (Å²) in [4.78, 5) is 18.7. The zero-order valence-electron chi connectivity index (χ0n) is 15.0. The molecule has 3 aromatic rings. The normalized spacial score (nSPS) is 16.8. The average Bonchev–Trinajstić information content (AvgIpc) is 3.38. The molecule has 2 aromatic heterocycles. The first-order chi connectivity index (χ1) is 14.1. The molecule has 2 N–H and O–H groups in total. The molecule has 7 nitrogen and oxygen atoms in total. The van der Waals surface area contributed by atoms with E-state index in [9.17, 15) is 18.7 Å². The van der Waals surface area contributed by atoms with Crippen molar-refractivity contribution in [1.29, 1.82) is 0 Å². The zero-order chi connectivity index (χ0) is 20.4. The molecule has 1 atom stereocenters. The lowest BCUT2D eigenvalue weighted by atomic mass is 10.2. The van der Waals surface area contributed by atoms with E-state index in [1.807, 2.05) is 4.90 Å². The molecule has 1 fully saturated rings. The highest BCUT2D eigenvalue weighted by Crippen LogP contribution is 2.34. The van der Waals surface area contributed by atoms with Crippen LogP contribution in [0.4, 0.5) is 19.5 Å². The zero-order valence-corrected chi connectivity index (χ0v) is 16.6. The first-order valence-electron chi connectivity index (χ1n) is 8.69. The molecule has 1 amide bonds. The molecule has 1 aliphatic heterocycles. The smallest absolute Gasteiger partial charge is 0.275 e. The van der Waals surface area contributed by atoms with Gasteiger partial charge in [0.2, 0.25) is 0 Å². The number of hydrogen-bond acceptors (Lipinski definition) is 8. The van der Waals surface area contributed by atoms with E-state index < -0.39 is 17.5 Å². The van der Waals surface area contributed by atoms with Crippen molar-refractivity contribution >= 4 is 39.5 Å². The van der Waals surface area contributed by atoms with Crippen LogP contribution in [0.2, 0.25) is 0 Å². The lowest BCUT2D eigenvalue weighted by Gasteiger charge is -2.35. The molecule has 1 aromatic carbocycles. The number of carbonyl (C=O) groups is 1. The van der Waals surface area contributed by atoms with Gasteiger partial charge in [0.25, 0.3) is 5.91 Å². The summed E-state index contributed by atoms with van der Waals surface area (Å²) in [6.07, 6.45) is 1.52. The number of nitrogens with zero attached hydrogens (tertiary/aromatic N) is 3. The van der Waals surface area contributed by atoms with Crippen LogP contribution in [0.25, 0.3) is 10.6 Å². The predicted octanol–water partition coefficient (Wildman–Crippen LogP) is 2.99. The number of hydrogen-bond donors (Lipinski definition) is 2. The minimum Gasteiger partial charge on any atom is -0.394 e. The Morgan fingerprint density at radius 1 is 1.38 bits per heavy atom. The van der Waals surface area contributed by atoms with Gasteiger partial charge in [-0.2, -0.15) is 4.37 Å². The second kappa shape index (κ2) is 8.49. The molecule has 0 aliphatic carbocycles. The molecule has 4 rings (SSSR count). The van der Waals surface area contributed by atoms with Crippen LogP contribution in [0.1, 0.15) is 10.5 Å². The van der Waals surface area contributed by atoms with Crippen molar-refractivity contribution < 1.29 is 23.4 Å². The van der Waals surface area contributed by atoms with Crippen LogP contribution < -0.4 is 10.2 Å². The summed E-state index contributed by atoms with van der Waals surface area (Å²) in [6, 6.07) is 3.33. The summed E-state index contributed by atoms with van der Waals surface area (Å²) < 4.78 is 37.4. The van der Waals surface area contributed by atoms with Gasteiger partial charge in [0.15, 0.2) is 0 Å². The summed E-state index contributed by atoms with van der Waals surface area (Å²) in [5.41, 5.74) is 0.269. The number of halogens is 2. The van der Waals surface area contributed by atoms with Crippen molar-refractivity contribution in [2.75, 3.05) is 36.6 Å². The highest BCUT2D eigenvalue weighted by molar-refractivity contribution is 7.13. The van der Waals surface area contributed by atoms with Crippen molar-refractivity contribution in [2.24, 2.45) is 0 Å². The van der Waals surface area contributed by atoms with Crippen molar-refractivity contribution in [2.45, 2.75) is 6.04 Å². The molecule has 29 heavy (non-hydrogen) atoms. The number of benzene rings is 1. The van der Waals surface area contributed by atoms with E-state index in [1.54, 1.807) is 0 Å². The predicted molar refractivity (Wildman–Crippen MR) is 107 cm³/mol. The lowest BCUT2D eigenvalue weighted by Crippen LogP contribution is -2.47. The first kappa shape index (κ1) is 19.8. The van der Waals surface area contributed by atoms with Gasteiger partial charge in [-0.1, -0.05) is 6.07 Å². The Labute approximate surface area is 172 Å². The fourth-order valence-electron chi connectivity index (χ4n) is 2.98. The van der Waals surface area contributed by atoms with Crippen molar-refractivity contribution in [3.8, 4) is 10.6 Å². The maximum absolute atomic E-state index is 14.0. The van der Waals surface area contributed by atoms with E-state index in [0.29, 0.717) is 30.4 Å². The van der Waals surface area contributed by atoms with E-state index >= 15 is 0 Å². The number of rotatable bonds is 5. The molecule has 1 saturated heterocycles. The first-order valence-corrected chi connectivity index (χ1v) is 10.3. The number of aliphatic hydroxyl groups excluding tert-OH is 1. The molecular weight excluding hydrogens is 422 g/mol. The van der Waals surface area contributed by atoms with Gasteiger partial charge in [-0.15, -0.1) is 11.3 Å². The minimum atomic E-state index is -0.738. The summed E-state index contributed by atoms with van der Waals surface area (Å²) in [5.74, 6) is -1.99. The van der Waals surface area contributed by atoms with Gasteiger partial charge >= 0.3 is 0 Å². The van der Waals surface area contributed by atoms with Crippen LogP contribution in [0, 0.1) is 11.6 Å². The van der Waals surface area contributed by atoms with Crippen LogP contribution in [-0.4, -0.2) is 52.8 Å².